The van der Waals surface area contributed by atoms with Crippen LogP contribution in [-0.2, 0) is 0 Å². The molecule has 1 nitrogen and oxygen atoms in total. The Morgan fingerprint density at radius 3 is 1.57 bits per heavy atom. The molecule has 0 aromatic rings. The van der Waals surface area contributed by atoms with Gasteiger partial charge in [0.25, 0.3) is 0 Å². The second kappa shape index (κ2) is 1.03. The minimum absolute atomic E-state index is 0.444. The molecule has 2 unspecified atom stereocenters. The van der Waals surface area contributed by atoms with E-state index in [1.807, 2.05) is 0 Å². The molecular formula is C6H13N. The summed E-state index contributed by atoms with van der Waals surface area (Å²) in [7, 11) is 0. The number of hydrogen-bond acceptors (Lipinski definition) is 1. The number of hydrogen-bond donors (Lipinski definition) is 1. The van der Waals surface area contributed by atoms with Crippen LogP contribution in [-0.4, -0.2) is 6.04 Å². The van der Waals surface area contributed by atoms with Crippen LogP contribution in [0, 0.1) is 11.3 Å². The van der Waals surface area contributed by atoms with Crippen LogP contribution in [0.25, 0.3) is 0 Å². The molecule has 0 heterocycles. The maximum atomic E-state index is 5.64. The van der Waals surface area contributed by atoms with E-state index in [0.717, 1.165) is 5.92 Å². The molecule has 2 N–H and O–H groups in total. The van der Waals surface area contributed by atoms with Crippen molar-refractivity contribution < 1.29 is 0 Å². The van der Waals surface area contributed by atoms with E-state index < -0.39 is 0 Å². The smallest absolute Gasteiger partial charge is 0.0125 e. The van der Waals surface area contributed by atoms with Crippen LogP contribution in [0.15, 0.2) is 0 Å². The molecule has 7 heavy (non-hydrogen) atoms. The quantitative estimate of drug-likeness (QED) is 0.481. The molecule has 0 aromatic carbocycles. The Morgan fingerprint density at radius 2 is 1.57 bits per heavy atom. The molecule has 1 aliphatic rings. The Morgan fingerprint density at radius 1 is 1.43 bits per heavy atom. The molecule has 0 aromatic heterocycles. The van der Waals surface area contributed by atoms with Gasteiger partial charge in [-0.2, -0.15) is 0 Å². The summed E-state index contributed by atoms with van der Waals surface area (Å²) in [6, 6.07) is 0.465. The highest BCUT2D eigenvalue weighted by atomic mass is 14.8. The Bertz CT molecular complexity index is 76.2. The van der Waals surface area contributed by atoms with Gasteiger partial charge in [-0.05, 0) is 11.3 Å². The van der Waals surface area contributed by atoms with Gasteiger partial charge in [-0.25, -0.2) is 0 Å². The van der Waals surface area contributed by atoms with Gasteiger partial charge in [0.05, 0.1) is 0 Å². The average molecular weight is 99.2 g/mol. The molecular weight excluding hydrogens is 86.1 g/mol. The van der Waals surface area contributed by atoms with E-state index in [0.29, 0.717) is 11.5 Å². The number of nitrogens with two attached hydrogens (primary N) is 1. The van der Waals surface area contributed by atoms with Crippen molar-refractivity contribution in [2.45, 2.75) is 26.8 Å². The van der Waals surface area contributed by atoms with Crippen molar-refractivity contribution in [3.63, 3.8) is 0 Å². The predicted octanol–water partition coefficient (Wildman–Crippen LogP) is 0.990. The van der Waals surface area contributed by atoms with E-state index >= 15 is 0 Å². The molecule has 42 valence electrons. The summed E-state index contributed by atoms with van der Waals surface area (Å²) < 4.78 is 0. The normalized spacial score (nSPS) is 46.3. The molecule has 1 heteroatoms. The third-order valence-electron chi connectivity index (χ3n) is 2.46. The molecule has 0 aliphatic heterocycles. The fourth-order valence-electron chi connectivity index (χ4n) is 0.940. The van der Waals surface area contributed by atoms with Crippen LogP contribution in [0.3, 0.4) is 0 Å². The van der Waals surface area contributed by atoms with Crippen molar-refractivity contribution in [2.24, 2.45) is 17.1 Å². The van der Waals surface area contributed by atoms with E-state index in [2.05, 4.69) is 20.8 Å². The maximum Gasteiger partial charge on any atom is 0.0125 e. The SMILES string of the molecule is CC1C(N)C1(C)C. The molecule has 1 fully saturated rings. The standard InChI is InChI=1S/C6H13N/c1-4-5(7)6(4,2)3/h4-5H,7H2,1-3H3. The average Bonchev–Trinajstić information content (AvgIpc) is 1.91. The van der Waals surface area contributed by atoms with Gasteiger partial charge in [-0.15, -0.1) is 0 Å². The summed E-state index contributed by atoms with van der Waals surface area (Å²) in [6.07, 6.45) is 0. The van der Waals surface area contributed by atoms with Gasteiger partial charge < -0.3 is 5.73 Å². The number of rotatable bonds is 0. The highest BCUT2D eigenvalue weighted by Crippen LogP contribution is 2.49. The molecule has 0 radical (unpaired) electrons. The first kappa shape index (κ1) is 5.10. The molecule has 0 spiro atoms. The summed E-state index contributed by atoms with van der Waals surface area (Å²) in [5.74, 6) is 0.743. The zero-order valence-corrected chi connectivity index (χ0v) is 5.23. The summed E-state index contributed by atoms with van der Waals surface area (Å²) in [6.45, 7) is 6.62. The summed E-state index contributed by atoms with van der Waals surface area (Å²) >= 11 is 0. The molecule has 1 aliphatic carbocycles. The second-order valence-corrected chi connectivity index (χ2v) is 3.14. The Kier molecular flexibility index (Phi) is 0.747. The van der Waals surface area contributed by atoms with Crippen molar-refractivity contribution in [1.29, 1.82) is 0 Å². The van der Waals surface area contributed by atoms with Gasteiger partial charge in [0.1, 0.15) is 0 Å². The second-order valence-electron chi connectivity index (χ2n) is 3.14. The summed E-state index contributed by atoms with van der Waals surface area (Å²) in [4.78, 5) is 0. The van der Waals surface area contributed by atoms with E-state index in [-0.39, 0.29) is 0 Å². The fourth-order valence-corrected chi connectivity index (χ4v) is 0.940. The third kappa shape index (κ3) is 0.480. The Balaban J connectivity index is 2.52. The van der Waals surface area contributed by atoms with Crippen LogP contribution < -0.4 is 5.73 Å². The lowest BCUT2D eigenvalue weighted by molar-refractivity contribution is 0.574. The molecule has 1 saturated carbocycles. The van der Waals surface area contributed by atoms with Gasteiger partial charge in [-0.1, -0.05) is 20.8 Å². The lowest BCUT2D eigenvalue weighted by atomic mass is 10.1. The van der Waals surface area contributed by atoms with Crippen molar-refractivity contribution in [2.75, 3.05) is 0 Å². The van der Waals surface area contributed by atoms with Crippen molar-refractivity contribution in [3.8, 4) is 0 Å². The van der Waals surface area contributed by atoms with Gasteiger partial charge >= 0.3 is 0 Å². The minimum atomic E-state index is 0.444. The zero-order valence-electron chi connectivity index (χ0n) is 5.23. The van der Waals surface area contributed by atoms with Gasteiger partial charge in [0.15, 0.2) is 0 Å². The van der Waals surface area contributed by atoms with Gasteiger partial charge in [0, 0.05) is 6.04 Å². The maximum absolute atomic E-state index is 5.64. The van der Waals surface area contributed by atoms with E-state index in [9.17, 15) is 0 Å². The highest BCUT2D eigenvalue weighted by molar-refractivity contribution is 5.05. The topological polar surface area (TPSA) is 26.0 Å². The predicted molar refractivity (Wildman–Crippen MR) is 30.9 cm³/mol. The largest absolute Gasteiger partial charge is 0.327 e. The molecule has 0 bridgehead atoms. The fraction of sp³-hybridized carbons (Fsp3) is 1.00. The lowest BCUT2D eigenvalue weighted by Gasteiger charge is -1.93. The van der Waals surface area contributed by atoms with Gasteiger partial charge in [0.2, 0.25) is 0 Å². The van der Waals surface area contributed by atoms with Crippen LogP contribution in [0.5, 0.6) is 0 Å². The molecule has 1 rings (SSSR count). The van der Waals surface area contributed by atoms with Crippen LogP contribution in [0.4, 0.5) is 0 Å². The molecule has 2 atom stereocenters. The van der Waals surface area contributed by atoms with E-state index in [1.165, 1.54) is 0 Å². The highest BCUT2D eigenvalue weighted by Gasteiger charge is 2.51. The molecule has 0 saturated heterocycles. The van der Waals surface area contributed by atoms with Crippen LogP contribution in [0.2, 0.25) is 0 Å². The lowest BCUT2D eigenvalue weighted by Crippen LogP contribution is -2.06. The van der Waals surface area contributed by atoms with Crippen molar-refractivity contribution in [1.82, 2.24) is 0 Å². The third-order valence-corrected chi connectivity index (χ3v) is 2.46. The summed E-state index contributed by atoms with van der Waals surface area (Å²) in [5, 5.41) is 0. The first-order valence-electron chi connectivity index (χ1n) is 2.82. The first-order chi connectivity index (χ1) is 3.07. The van der Waals surface area contributed by atoms with Gasteiger partial charge in [-0.3, -0.25) is 0 Å². The van der Waals surface area contributed by atoms with E-state index in [4.69, 9.17) is 5.73 Å². The van der Waals surface area contributed by atoms with Crippen LogP contribution in [0.1, 0.15) is 20.8 Å². The first-order valence-corrected chi connectivity index (χ1v) is 2.82. The Labute approximate surface area is 44.9 Å². The summed E-state index contributed by atoms with van der Waals surface area (Å²) in [5.41, 5.74) is 6.09. The van der Waals surface area contributed by atoms with Crippen LogP contribution >= 0.6 is 0 Å². The minimum Gasteiger partial charge on any atom is -0.327 e. The zero-order chi connectivity index (χ0) is 5.65. The van der Waals surface area contributed by atoms with Crippen molar-refractivity contribution in [3.05, 3.63) is 0 Å². The van der Waals surface area contributed by atoms with Crippen molar-refractivity contribution >= 4 is 0 Å². The monoisotopic (exact) mass is 99.1 g/mol. The Hall–Kier alpha value is -0.0400. The molecule has 0 amide bonds. The van der Waals surface area contributed by atoms with E-state index in [1.54, 1.807) is 0 Å².